The molecule has 0 fully saturated rings. The molecule has 92 valence electrons. The fraction of sp³-hybridized carbons (Fsp3) is 0.182. The quantitative estimate of drug-likeness (QED) is 0.586. The number of carbonyl (C=O) groups excluding carboxylic acids is 2. The molecule has 0 aromatic heterocycles. The molecule has 0 spiro atoms. The molecule has 6 nitrogen and oxygen atoms in total. The van der Waals surface area contributed by atoms with Crippen molar-refractivity contribution in [3.63, 3.8) is 0 Å². The summed E-state index contributed by atoms with van der Waals surface area (Å²) in [5.41, 5.74) is 4.74. The van der Waals surface area contributed by atoms with Crippen LogP contribution >= 0.6 is 0 Å². The molecule has 1 aromatic carbocycles. The molecule has 0 atom stereocenters. The van der Waals surface area contributed by atoms with Crippen LogP contribution in [0.15, 0.2) is 24.3 Å². The fourth-order valence-electron chi connectivity index (χ4n) is 0.931. The highest BCUT2D eigenvalue weighted by molar-refractivity contribution is 5.94. The van der Waals surface area contributed by atoms with Crippen LogP contribution in [0.3, 0.4) is 0 Å². The fourth-order valence-corrected chi connectivity index (χ4v) is 0.931. The third-order valence-electron chi connectivity index (χ3n) is 1.62. The van der Waals surface area contributed by atoms with Gasteiger partial charge in [0.15, 0.2) is 12.4 Å². The van der Waals surface area contributed by atoms with Crippen molar-refractivity contribution in [1.82, 2.24) is 0 Å². The van der Waals surface area contributed by atoms with E-state index < -0.39 is 5.97 Å². The molecule has 0 radical (unpaired) electrons. The maximum atomic E-state index is 10.9. The summed E-state index contributed by atoms with van der Waals surface area (Å²) in [6.07, 6.45) is 0.250. The Balaban J connectivity index is 0.000000770. The molecule has 1 aromatic rings. The van der Waals surface area contributed by atoms with Crippen molar-refractivity contribution in [3.8, 4) is 5.75 Å². The number of hydrogen-bond acceptors (Lipinski definition) is 4. The van der Waals surface area contributed by atoms with Gasteiger partial charge >= 0.3 is 5.97 Å². The molecule has 0 heterocycles. The SMILES string of the molecule is CC(=O)c1ccc(OCC(=O)O)cc1.NC=O. The average Bonchev–Trinajstić information content (AvgIpc) is 2.28. The number of carboxylic acid groups (broad SMARTS) is 1. The number of carboxylic acids is 1. The first kappa shape index (κ1) is 14.6. The monoisotopic (exact) mass is 239 g/mol. The number of nitrogens with two attached hydrogens (primary N) is 1. The summed E-state index contributed by atoms with van der Waals surface area (Å²) in [6.45, 7) is 1.09. The van der Waals surface area contributed by atoms with Crippen LogP contribution in [0.5, 0.6) is 5.75 Å². The van der Waals surface area contributed by atoms with E-state index in [0.717, 1.165) is 0 Å². The molecule has 0 saturated heterocycles. The maximum Gasteiger partial charge on any atom is 0.341 e. The first-order valence-corrected chi connectivity index (χ1v) is 4.62. The standard InChI is InChI=1S/C10H10O4.CH3NO/c1-7(11)8-2-4-9(5-3-8)14-6-10(12)13;2-1-3/h2-5H,6H2,1H3,(H,12,13);1H,(H2,2,3). The van der Waals surface area contributed by atoms with Crippen LogP contribution in [0.25, 0.3) is 0 Å². The van der Waals surface area contributed by atoms with Crippen LogP contribution in [0.4, 0.5) is 0 Å². The highest BCUT2D eigenvalue weighted by Crippen LogP contribution is 2.12. The first-order chi connectivity index (χ1) is 8.01. The Morgan fingerprint density at radius 1 is 1.35 bits per heavy atom. The Hall–Kier alpha value is -2.37. The van der Waals surface area contributed by atoms with Crippen molar-refractivity contribution in [2.75, 3.05) is 6.61 Å². The van der Waals surface area contributed by atoms with Gasteiger partial charge in [0.05, 0.1) is 0 Å². The third-order valence-corrected chi connectivity index (χ3v) is 1.62. The second-order valence-electron chi connectivity index (χ2n) is 2.90. The molecule has 17 heavy (non-hydrogen) atoms. The van der Waals surface area contributed by atoms with E-state index in [2.05, 4.69) is 5.73 Å². The lowest BCUT2D eigenvalue weighted by atomic mass is 10.1. The predicted molar refractivity (Wildman–Crippen MR) is 59.8 cm³/mol. The number of aliphatic carboxylic acids is 1. The normalized spacial score (nSPS) is 8.53. The third kappa shape index (κ3) is 6.67. The molecule has 3 N–H and O–H groups in total. The van der Waals surface area contributed by atoms with Gasteiger partial charge in [-0.05, 0) is 31.2 Å². The number of primary amides is 1. The van der Waals surface area contributed by atoms with E-state index in [1.807, 2.05) is 0 Å². The van der Waals surface area contributed by atoms with E-state index in [4.69, 9.17) is 14.6 Å². The zero-order chi connectivity index (χ0) is 13.3. The number of hydrogen-bond donors (Lipinski definition) is 2. The minimum absolute atomic E-state index is 0.0326. The lowest BCUT2D eigenvalue weighted by Gasteiger charge is -2.02. The molecule has 0 saturated carbocycles. The summed E-state index contributed by atoms with van der Waals surface area (Å²) in [6, 6.07) is 6.33. The number of carbonyl (C=O) groups is 3. The van der Waals surface area contributed by atoms with E-state index >= 15 is 0 Å². The Morgan fingerprint density at radius 2 is 1.82 bits per heavy atom. The molecular formula is C11H13NO5. The van der Waals surface area contributed by atoms with Gasteiger partial charge in [0.2, 0.25) is 6.41 Å². The number of amides is 1. The van der Waals surface area contributed by atoms with Crippen molar-refractivity contribution >= 4 is 18.2 Å². The second-order valence-corrected chi connectivity index (χ2v) is 2.90. The van der Waals surface area contributed by atoms with Crippen LogP contribution in [0.2, 0.25) is 0 Å². The van der Waals surface area contributed by atoms with Crippen molar-refractivity contribution < 1.29 is 24.2 Å². The Kier molecular flexibility index (Phi) is 6.77. The Bertz CT molecular complexity index is 385. The number of ketones is 1. The zero-order valence-corrected chi connectivity index (χ0v) is 9.25. The van der Waals surface area contributed by atoms with Crippen molar-refractivity contribution in [2.24, 2.45) is 5.73 Å². The Morgan fingerprint density at radius 3 is 2.18 bits per heavy atom. The summed E-state index contributed by atoms with van der Waals surface area (Å²) >= 11 is 0. The summed E-state index contributed by atoms with van der Waals surface area (Å²) < 4.78 is 4.89. The van der Waals surface area contributed by atoms with Crippen LogP contribution in [0.1, 0.15) is 17.3 Å². The van der Waals surface area contributed by atoms with E-state index in [1.54, 1.807) is 24.3 Å². The maximum absolute atomic E-state index is 10.9. The van der Waals surface area contributed by atoms with Gasteiger partial charge in [-0.25, -0.2) is 4.79 Å². The van der Waals surface area contributed by atoms with Crippen LogP contribution in [0, 0.1) is 0 Å². The number of rotatable bonds is 4. The molecule has 0 aliphatic heterocycles. The molecule has 6 heteroatoms. The van der Waals surface area contributed by atoms with Gasteiger partial charge in [-0.15, -0.1) is 0 Å². The molecule has 1 rings (SSSR count). The summed E-state index contributed by atoms with van der Waals surface area (Å²) in [4.78, 5) is 29.6. The minimum atomic E-state index is -1.03. The first-order valence-electron chi connectivity index (χ1n) is 4.62. The van der Waals surface area contributed by atoms with Crippen LogP contribution in [-0.4, -0.2) is 29.9 Å². The van der Waals surface area contributed by atoms with Crippen molar-refractivity contribution in [1.29, 1.82) is 0 Å². The lowest BCUT2D eigenvalue weighted by molar-refractivity contribution is -0.139. The number of benzene rings is 1. The number of ether oxygens (including phenoxy) is 1. The second kappa shape index (κ2) is 7.86. The number of Topliss-reactive ketones (excluding diaryl/α,β-unsaturated/α-hetero) is 1. The van der Waals surface area contributed by atoms with Gasteiger partial charge in [0, 0.05) is 5.56 Å². The van der Waals surface area contributed by atoms with Gasteiger partial charge in [-0.2, -0.15) is 0 Å². The van der Waals surface area contributed by atoms with Gasteiger partial charge in [0.1, 0.15) is 5.75 Å². The van der Waals surface area contributed by atoms with Crippen molar-refractivity contribution in [3.05, 3.63) is 29.8 Å². The zero-order valence-electron chi connectivity index (χ0n) is 9.25. The van der Waals surface area contributed by atoms with Crippen molar-refractivity contribution in [2.45, 2.75) is 6.92 Å². The predicted octanol–water partition coefficient (Wildman–Crippen LogP) is 0.454. The van der Waals surface area contributed by atoms with Gasteiger partial charge in [-0.1, -0.05) is 0 Å². The Labute approximate surface area is 98.0 Å². The lowest BCUT2D eigenvalue weighted by Crippen LogP contribution is -2.09. The molecule has 1 amide bonds. The van der Waals surface area contributed by atoms with Crippen LogP contribution < -0.4 is 10.5 Å². The van der Waals surface area contributed by atoms with E-state index in [-0.39, 0.29) is 18.8 Å². The topological polar surface area (TPSA) is 107 Å². The molecule has 0 aliphatic rings. The largest absolute Gasteiger partial charge is 0.482 e. The van der Waals surface area contributed by atoms with Crippen LogP contribution in [-0.2, 0) is 9.59 Å². The molecule has 0 unspecified atom stereocenters. The molecular weight excluding hydrogens is 226 g/mol. The smallest absolute Gasteiger partial charge is 0.341 e. The van der Waals surface area contributed by atoms with E-state index in [1.165, 1.54) is 6.92 Å². The highest BCUT2D eigenvalue weighted by Gasteiger charge is 2.01. The minimum Gasteiger partial charge on any atom is -0.482 e. The summed E-state index contributed by atoms with van der Waals surface area (Å²) in [7, 11) is 0. The van der Waals surface area contributed by atoms with E-state index in [9.17, 15) is 9.59 Å². The highest BCUT2D eigenvalue weighted by atomic mass is 16.5. The molecule has 0 bridgehead atoms. The summed E-state index contributed by atoms with van der Waals surface area (Å²) in [5.74, 6) is -0.618. The van der Waals surface area contributed by atoms with Gasteiger partial charge < -0.3 is 15.6 Å². The van der Waals surface area contributed by atoms with Gasteiger partial charge in [0.25, 0.3) is 0 Å². The van der Waals surface area contributed by atoms with Gasteiger partial charge in [-0.3, -0.25) is 9.59 Å². The summed E-state index contributed by atoms with van der Waals surface area (Å²) in [5, 5.41) is 8.34. The molecule has 0 aliphatic carbocycles. The average molecular weight is 239 g/mol. The van der Waals surface area contributed by atoms with E-state index in [0.29, 0.717) is 11.3 Å².